The molecule has 8 heterocycles. The van der Waals surface area contributed by atoms with Crippen molar-refractivity contribution in [2.75, 3.05) is 0 Å². The molecule has 1 aromatic carbocycles. The molecular formula is C34H22N14O. The highest BCUT2D eigenvalue weighted by atomic mass is 16.5. The first kappa shape index (κ1) is 28.0. The molecular weight excluding hydrogens is 620 g/mol. The van der Waals surface area contributed by atoms with Gasteiger partial charge in [0.1, 0.15) is 29.2 Å². The molecule has 234 valence electrons. The maximum Gasteiger partial charge on any atom is 0.169 e. The fourth-order valence-corrected chi connectivity index (χ4v) is 6.34. The van der Waals surface area contributed by atoms with Crippen molar-refractivity contribution in [3.63, 3.8) is 0 Å². The van der Waals surface area contributed by atoms with E-state index in [0.717, 1.165) is 0 Å². The van der Waals surface area contributed by atoms with E-state index in [2.05, 4.69) is 35.8 Å². The Bertz CT molecular complexity index is 2380. The zero-order valence-corrected chi connectivity index (χ0v) is 25.3. The summed E-state index contributed by atoms with van der Waals surface area (Å²) in [7, 11) is 0. The SMILES string of the molecule is c1ccc(-c2c(-c3ncccn3)c3c(c(-c4cc[nH]n4)c2-c2ncc[nH]2)C(c2cnccn2)(c2ccon2)NN=C3c2cccnn2)nc1. The Hall–Kier alpha value is -7.29. The minimum Gasteiger partial charge on any atom is -0.364 e. The minimum atomic E-state index is -1.40. The zero-order chi connectivity index (χ0) is 32.6. The zero-order valence-electron chi connectivity index (χ0n) is 25.3. The molecule has 0 radical (unpaired) electrons. The lowest BCUT2D eigenvalue weighted by Crippen LogP contribution is -2.48. The van der Waals surface area contributed by atoms with E-state index in [0.29, 0.717) is 79.2 Å². The molecule has 0 fully saturated rings. The average Bonchev–Trinajstić information content (AvgIpc) is 4.00. The molecule has 15 nitrogen and oxygen atoms in total. The number of benzene rings is 1. The summed E-state index contributed by atoms with van der Waals surface area (Å²) in [5.74, 6) is 0.961. The molecule has 15 heteroatoms. The minimum absolute atomic E-state index is 0.410. The lowest BCUT2D eigenvalue weighted by atomic mass is 9.70. The second kappa shape index (κ2) is 11.5. The first-order valence-corrected chi connectivity index (χ1v) is 15.1. The van der Waals surface area contributed by atoms with E-state index in [1.807, 2.05) is 30.3 Å². The van der Waals surface area contributed by atoms with Crippen molar-refractivity contribution in [3.05, 3.63) is 145 Å². The number of rotatable bonds is 7. The van der Waals surface area contributed by atoms with Crippen molar-refractivity contribution in [1.82, 2.24) is 65.9 Å². The molecule has 3 N–H and O–H groups in total. The molecule has 1 aliphatic rings. The van der Waals surface area contributed by atoms with E-state index in [4.69, 9.17) is 39.6 Å². The Balaban J connectivity index is 1.60. The predicted molar refractivity (Wildman–Crippen MR) is 175 cm³/mol. The van der Waals surface area contributed by atoms with Gasteiger partial charge in [-0.15, -0.1) is 5.10 Å². The number of nitrogens with zero attached hydrogens (tertiary/aromatic N) is 11. The maximum absolute atomic E-state index is 5.50. The normalized spacial score (nSPS) is 15.3. The number of hydrogen-bond donors (Lipinski definition) is 3. The predicted octanol–water partition coefficient (Wildman–Crippen LogP) is 4.20. The molecule has 0 saturated heterocycles. The number of fused-ring (bicyclic) bond motifs is 1. The quantitative estimate of drug-likeness (QED) is 0.224. The summed E-state index contributed by atoms with van der Waals surface area (Å²) < 4.78 is 5.50. The molecule has 49 heavy (non-hydrogen) atoms. The largest absolute Gasteiger partial charge is 0.364 e. The highest BCUT2D eigenvalue weighted by Crippen LogP contribution is 2.54. The molecule has 1 unspecified atom stereocenters. The van der Waals surface area contributed by atoms with E-state index in [-0.39, 0.29) is 0 Å². The number of hydrazone groups is 1. The van der Waals surface area contributed by atoms with Gasteiger partial charge in [-0.2, -0.15) is 15.3 Å². The first-order chi connectivity index (χ1) is 24.3. The van der Waals surface area contributed by atoms with Crippen molar-refractivity contribution >= 4 is 5.71 Å². The Labute approximate surface area is 276 Å². The van der Waals surface area contributed by atoms with Gasteiger partial charge in [0, 0.05) is 95.2 Å². The summed E-state index contributed by atoms with van der Waals surface area (Å²) in [6, 6.07) is 14.8. The number of hydrogen-bond acceptors (Lipinski definition) is 13. The van der Waals surface area contributed by atoms with Gasteiger partial charge in [-0.3, -0.25) is 25.5 Å². The van der Waals surface area contributed by atoms with Crippen LogP contribution in [0.4, 0.5) is 0 Å². The smallest absolute Gasteiger partial charge is 0.169 e. The van der Waals surface area contributed by atoms with Crippen LogP contribution in [0.5, 0.6) is 0 Å². The Kier molecular flexibility index (Phi) is 6.57. The number of aromatic nitrogens is 12. The lowest BCUT2D eigenvalue weighted by Gasteiger charge is -2.39. The summed E-state index contributed by atoms with van der Waals surface area (Å²) >= 11 is 0. The van der Waals surface area contributed by atoms with Crippen molar-refractivity contribution in [2.45, 2.75) is 5.54 Å². The van der Waals surface area contributed by atoms with Crippen molar-refractivity contribution in [2.24, 2.45) is 5.10 Å². The third-order valence-electron chi connectivity index (χ3n) is 8.23. The van der Waals surface area contributed by atoms with Crippen LogP contribution in [0, 0.1) is 0 Å². The van der Waals surface area contributed by atoms with Crippen LogP contribution < -0.4 is 5.43 Å². The van der Waals surface area contributed by atoms with Crippen LogP contribution in [-0.2, 0) is 5.54 Å². The van der Waals surface area contributed by atoms with Crippen LogP contribution in [0.3, 0.4) is 0 Å². The van der Waals surface area contributed by atoms with E-state index in [9.17, 15) is 0 Å². The van der Waals surface area contributed by atoms with Crippen LogP contribution in [0.25, 0.3) is 45.3 Å². The van der Waals surface area contributed by atoms with Gasteiger partial charge in [0.25, 0.3) is 0 Å². The summed E-state index contributed by atoms with van der Waals surface area (Å²) in [4.78, 5) is 31.9. The molecule has 0 aliphatic carbocycles. The first-order valence-electron chi connectivity index (χ1n) is 15.1. The van der Waals surface area contributed by atoms with Crippen LogP contribution >= 0.6 is 0 Å². The maximum atomic E-state index is 5.50. The van der Waals surface area contributed by atoms with Crippen LogP contribution in [0.1, 0.15) is 28.2 Å². The number of nitrogens with one attached hydrogen (secondary N) is 3. The monoisotopic (exact) mass is 642 g/mol. The number of aromatic amines is 2. The molecule has 1 atom stereocenters. The summed E-state index contributed by atoms with van der Waals surface area (Å²) in [6.45, 7) is 0. The van der Waals surface area contributed by atoms with Crippen molar-refractivity contribution in [3.8, 4) is 45.3 Å². The highest BCUT2D eigenvalue weighted by molar-refractivity contribution is 6.21. The van der Waals surface area contributed by atoms with Crippen molar-refractivity contribution < 1.29 is 4.52 Å². The molecule has 0 saturated carbocycles. The van der Waals surface area contributed by atoms with E-state index in [1.165, 1.54) is 6.26 Å². The summed E-state index contributed by atoms with van der Waals surface area (Å²) in [6.07, 6.45) is 18.3. The molecule has 1 aliphatic heterocycles. The molecule has 0 spiro atoms. The molecule has 0 bridgehead atoms. The van der Waals surface area contributed by atoms with E-state index in [1.54, 1.807) is 80.2 Å². The Morgan fingerprint density at radius 2 is 1.55 bits per heavy atom. The standard InChI is InChI=1S/C34H22N14O/c1-2-9-36-20(5-1)25-27(32-40-16-17-41-32)26(21-7-13-43-44-21)30-29(28(25)33-38-10-4-11-39-33)31(22-6-3-12-42-45-22)46-48-34(30,23-8-18-49-47-23)24-19-35-14-15-37-24/h1-19,48H,(H,40,41)(H,43,44). The Morgan fingerprint density at radius 1 is 0.633 bits per heavy atom. The van der Waals surface area contributed by atoms with Gasteiger partial charge < -0.3 is 9.51 Å². The van der Waals surface area contributed by atoms with Crippen LogP contribution in [0.15, 0.2) is 126 Å². The second-order valence-electron chi connectivity index (χ2n) is 10.8. The van der Waals surface area contributed by atoms with E-state index >= 15 is 0 Å². The van der Waals surface area contributed by atoms with Gasteiger partial charge in [0.2, 0.25) is 0 Å². The fourth-order valence-electron chi connectivity index (χ4n) is 6.34. The van der Waals surface area contributed by atoms with Crippen molar-refractivity contribution in [1.29, 1.82) is 0 Å². The highest BCUT2D eigenvalue weighted by Gasteiger charge is 2.50. The van der Waals surface area contributed by atoms with Gasteiger partial charge >= 0.3 is 0 Å². The number of imidazole rings is 1. The summed E-state index contributed by atoms with van der Waals surface area (Å²) in [5, 5.41) is 26.0. The fraction of sp³-hybridized carbons (Fsp3) is 0.0294. The molecule has 8 aromatic rings. The van der Waals surface area contributed by atoms with Gasteiger partial charge in [-0.05, 0) is 36.4 Å². The average molecular weight is 643 g/mol. The molecule has 9 rings (SSSR count). The third kappa shape index (κ3) is 4.40. The van der Waals surface area contributed by atoms with Crippen LogP contribution in [-0.4, -0.2) is 66.2 Å². The molecule has 7 aromatic heterocycles. The van der Waals surface area contributed by atoms with Gasteiger partial charge in [-0.25, -0.2) is 15.0 Å². The van der Waals surface area contributed by atoms with Crippen LogP contribution in [0.2, 0.25) is 0 Å². The van der Waals surface area contributed by atoms with E-state index < -0.39 is 5.54 Å². The summed E-state index contributed by atoms with van der Waals surface area (Å²) in [5.41, 5.74) is 9.10. The third-order valence-corrected chi connectivity index (χ3v) is 8.23. The van der Waals surface area contributed by atoms with Gasteiger partial charge in [0.05, 0.1) is 23.3 Å². The number of H-pyrrole nitrogens is 2. The lowest BCUT2D eigenvalue weighted by molar-refractivity contribution is 0.375. The second-order valence-corrected chi connectivity index (χ2v) is 10.8. The topological polar surface area (TPSA) is 198 Å². The van der Waals surface area contributed by atoms with Gasteiger partial charge in [-0.1, -0.05) is 11.2 Å². The number of pyridine rings is 1. The van der Waals surface area contributed by atoms with Gasteiger partial charge in [0.15, 0.2) is 11.4 Å². The molecule has 0 amide bonds. The Morgan fingerprint density at radius 3 is 2.27 bits per heavy atom.